The van der Waals surface area contributed by atoms with Gasteiger partial charge >= 0.3 is 0 Å². The Kier molecular flexibility index (Phi) is 4.46. The second-order valence-corrected chi connectivity index (χ2v) is 10.8. The lowest BCUT2D eigenvalue weighted by Gasteiger charge is -2.28. The molecule has 2 aliphatic rings. The SMILES string of the molecule is O=C(c1sccc1S(=O)(=O)N1CCc2ccccc2C1)N1CCn2c1nc1ccccc12. The molecule has 4 aromatic rings. The van der Waals surface area contributed by atoms with Crippen LogP contribution < -0.4 is 4.90 Å². The molecule has 0 saturated heterocycles. The Morgan fingerprint density at radius 3 is 2.59 bits per heavy atom. The molecule has 2 aromatic heterocycles. The predicted molar refractivity (Wildman–Crippen MR) is 123 cm³/mol. The highest BCUT2D eigenvalue weighted by Gasteiger charge is 2.36. The highest BCUT2D eigenvalue weighted by molar-refractivity contribution is 7.89. The van der Waals surface area contributed by atoms with E-state index < -0.39 is 10.0 Å². The maximum atomic E-state index is 13.5. The van der Waals surface area contributed by atoms with Gasteiger partial charge in [0.1, 0.15) is 9.77 Å². The zero-order valence-electron chi connectivity index (χ0n) is 17.1. The van der Waals surface area contributed by atoms with Crippen molar-refractivity contribution in [2.45, 2.75) is 24.4 Å². The Labute approximate surface area is 189 Å². The maximum Gasteiger partial charge on any atom is 0.272 e. The van der Waals surface area contributed by atoms with Crippen LogP contribution in [0.2, 0.25) is 0 Å². The third-order valence-corrected chi connectivity index (χ3v) is 9.12. The zero-order chi connectivity index (χ0) is 21.9. The monoisotopic (exact) mass is 464 g/mol. The molecule has 162 valence electrons. The summed E-state index contributed by atoms with van der Waals surface area (Å²) in [6.07, 6.45) is 0.666. The number of hydrogen-bond acceptors (Lipinski definition) is 5. The molecule has 6 rings (SSSR count). The fourth-order valence-corrected chi connectivity index (χ4v) is 7.34. The van der Waals surface area contributed by atoms with Crippen LogP contribution in [0.5, 0.6) is 0 Å². The van der Waals surface area contributed by atoms with Crippen molar-refractivity contribution in [2.75, 3.05) is 18.0 Å². The molecule has 0 fully saturated rings. The summed E-state index contributed by atoms with van der Waals surface area (Å²) in [7, 11) is -3.80. The number of anilines is 1. The lowest BCUT2D eigenvalue weighted by molar-refractivity contribution is 0.0989. The quantitative estimate of drug-likeness (QED) is 0.465. The van der Waals surface area contributed by atoms with Crippen LogP contribution in [-0.4, -0.2) is 41.3 Å². The fourth-order valence-electron chi connectivity index (χ4n) is 4.57. The molecule has 0 atom stereocenters. The summed E-state index contributed by atoms with van der Waals surface area (Å²) < 4.78 is 30.5. The highest BCUT2D eigenvalue weighted by atomic mass is 32.2. The smallest absolute Gasteiger partial charge is 0.272 e. The van der Waals surface area contributed by atoms with Crippen molar-refractivity contribution in [2.24, 2.45) is 0 Å². The maximum absolute atomic E-state index is 13.5. The summed E-state index contributed by atoms with van der Waals surface area (Å²) in [5, 5.41) is 1.68. The van der Waals surface area contributed by atoms with Gasteiger partial charge in [-0.25, -0.2) is 13.4 Å². The molecule has 4 heterocycles. The van der Waals surface area contributed by atoms with Gasteiger partial charge < -0.3 is 4.57 Å². The Balaban J connectivity index is 1.34. The topological polar surface area (TPSA) is 75.5 Å². The molecule has 7 nitrogen and oxygen atoms in total. The fraction of sp³-hybridized carbons (Fsp3) is 0.217. The van der Waals surface area contributed by atoms with E-state index >= 15 is 0 Å². The van der Waals surface area contributed by atoms with Crippen LogP contribution >= 0.6 is 11.3 Å². The first-order valence-corrected chi connectivity index (χ1v) is 12.8. The summed E-state index contributed by atoms with van der Waals surface area (Å²) in [5.41, 5.74) is 3.99. The van der Waals surface area contributed by atoms with Gasteiger partial charge in [0.05, 0.1) is 11.0 Å². The van der Waals surface area contributed by atoms with E-state index in [-0.39, 0.29) is 15.7 Å². The molecule has 0 unspecified atom stereocenters. The molecule has 2 aliphatic heterocycles. The molecular weight excluding hydrogens is 444 g/mol. The Hall–Kier alpha value is -3.01. The molecule has 9 heteroatoms. The standard InChI is InChI=1S/C23H20N4O3S2/c28-22(27-13-12-26-19-8-4-3-7-18(19)24-23(26)27)21-20(10-14-31-21)32(29,30)25-11-9-16-5-1-2-6-17(16)15-25/h1-8,10,14H,9,11-13,15H2. The minimum absolute atomic E-state index is 0.0847. The minimum Gasteiger partial charge on any atom is -0.308 e. The number of benzene rings is 2. The van der Waals surface area contributed by atoms with Crippen LogP contribution in [0.1, 0.15) is 20.8 Å². The van der Waals surface area contributed by atoms with E-state index in [9.17, 15) is 13.2 Å². The van der Waals surface area contributed by atoms with E-state index in [4.69, 9.17) is 0 Å². The lowest BCUT2D eigenvalue weighted by Crippen LogP contribution is -2.37. The molecule has 1 amide bonds. The molecular formula is C23H20N4O3S2. The van der Waals surface area contributed by atoms with Gasteiger partial charge in [-0.05, 0) is 41.1 Å². The van der Waals surface area contributed by atoms with Crippen LogP contribution in [0.15, 0.2) is 64.9 Å². The number of rotatable bonds is 3. The summed E-state index contributed by atoms with van der Waals surface area (Å²) in [6, 6.07) is 17.2. The Bertz CT molecular complexity index is 1470. The third-order valence-electron chi connectivity index (χ3n) is 6.20. The van der Waals surface area contributed by atoms with Crippen LogP contribution in [0.4, 0.5) is 5.95 Å². The Morgan fingerprint density at radius 2 is 1.72 bits per heavy atom. The van der Waals surface area contributed by atoms with Crippen LogP contribution in [0.25, 0.3) is 11.0 Å². The number of imidazole rings is 1. The van der Waals surface area contributed by atoms with E-state index in [0.29, 0.717) is 38.5 Å². The number of sulfonamides is 1. The van der Waals surface area contributed by atoms with E-state index in [1.165, 1.54) is 21.2 Å². The van der Waals surface area contributed by atoms with Gasteiger partial charge in [-0.2, -0.15) is 4.31 Å². The average Bonchev–Trinajstić information content (AvgIpc) is 3.53. The van der Waals surface area contributed by atoms with Crippen LogP contribution in [0, 0.1) is 0 Å². The van der Waals surface area contributed by atoms with Gasteiger partial charge in [0, 0.05) is 26.2 Å². The number of para-hydroxylation sites is 2. The second kappa shape index (κ2) is 7.26. The summed E-state index contributed by atoms with van der Waals surface area (Å²) in [4.78, 5) is 20.0. The summed E-state index contributed by atoms with van der Waals surface area (Å²) >= 11 is 1.17. The van der Waals surface area contributed by atoms with Crippen molar-refractivity contribution >= 4 is 44.2 Å². The number of thiophene rings is 1. The first-order valence-electron chi connectivity index (χ1n) is 10.5. The molecule has 0 N–H and O–H groups in total. The average molecular weight is 465 g/mol. The number of carbonyl (C=O) groups is 1. The summed E-state index contributed by atoms with van der Waals surface area (Å²) in [6.45, 7) is 1.84. The van der Waals surface area contributed by atoms with Crippen molar-refractivity contribution in [1.82, 2.24) is 13.9 Å². The van der Waals surface area contributed by atoms with E-state index in [2.05, 4.69) is 4.98 Å². The van der Waals surface area contributed by atoms with Gasteiger partial charge in [0.25, 0.3) is 5.91 Å². The van der Waals surface area contributed by atoms with Gasteiger partial charge in [-0.3, -0.25) is 9.69 Å². The van der Waals surface area contributed by atoms with Crippen molar-refractivity contribution in [3.63, 3.8) is 0 Å². The van der Waals surface area contributed by atoms with Crippen LogP contribution in [-0.2, 0) is 29.5 Å². The molecule has 0 bridgehead atoms. The highest BCUT2D eigenvalue weighted by Crippen LogP contribution is 2.33. The minimum atomic E-state index is -3.80. The van der Waals surface area contributed by atoms with E-state index in [0.717, 1.165) is 16.6 Å². The van der Waals surface area contributed by atoms with Crippen molar-refractivity contribution in [1.29, 1.82) is 0 Å². The first-order chi connectivity index (χ1) is 15.5. The van der Waals surface area contributed by atoms with E-state index in [1.807, 2.05) is 53.1 Å². The van der Waals surface area contributed by atoms with E-state index in [1.54, 1.807) is 16.3 Å². The van der Waals surface area contributed by atoms with Crippen LogP contribution in [0.3, 0.4) is 0 Å². The Morgan fingerprint density at radius 1 is 0.938 bits per heavy atom. The zero-order valence-corrected chi connectivity index (χ0v) is 18.8. The molecule has 0 radical (unpaired) electrons. The largest absolute Gasteiger partial charge is 0.308 e. The van der Waals surface area contributed by atoms with Crippen molar-refractivity contribution < 1.29 is 13.2 Å². The molecule has 2 aromatic carbocycles. The number of amides is 1. The first kappa shape index (κ1) is 19.7. The van der Waals surface area contributed by atoms with Gasteiger partial charge in [0.2, 0.25) is 16.0 Å². The lowest BCUT2D eigenvalue weighted by atomic mass is 10.0. The van der Waals surface area contributed by atoms with Crippen molar-refractivity contribution in [3.8, 4) is 0 Å². The normalized spacial score (nSPS) is 16.3. The summed E-state index contributed by atoms with van der Waals surface area (Å²) in [5.74, 6) is 0.255. The van der Waals surface area contributed by atoms with Gasteiger partial charge in [-0.1, -0.05) is 36.4 Å². The third kappa shape index (κ3) is 2.92. The molecule has 0 spiro atoms. The molecule has 32 heavy (non-hydrogen) atoms. The van der Waals surface area contributed by atoms with Gasteiger partial charge in [-0.15, -0.1) is 11.3 Å². The predicted octanol–water partition coefficient (Wildman–Crippen LogP) is 3.51. The van der Waals surface area contributed by atoms with Crippen molar-refractivity contribution in [3.05, 3.63) is 76.0 Å². The number of nitrogens with zero attached hydrogens (tertiary/aromatic N) is 4. The number of hydrogen-bond donors (Lipinski definition) is 0. The molecule has 0 aliphatic carbocycles. The molecule has 0 saturated carbocycles. The number of fused-ring (bicyclic) bond motifs is 4. The van der Waals surface area contributed by atoms with Gasteiger partial charge in [0.15, 0.2) is 0 Å². The number of carbonyl (C=O) groups excluding carboxylic acids is 1. The number of aromatic nitrogens is 2. The second-order valence-electron chi connectivity index (χ2n) is 7.98.